The van der Waals surface area contributed by atoms with Crippen LogP contribution in [0.5, 0.6) is 0 Å². The van der Waals surface area contributed by atoms with Gasteiger partial charge in [0.2, 0.25) is 0 Å². The van der Waals surface area contributed by atoms with Gasteiger partial charge in [-0.3, -0.25) is 14.7 Å². The van der Waals surface area contributed by atoms with Gasteiger partial charge in [0.05, 0.1) is 11.3 Å². The van der Waals surface area contributed by atoms with Crippen LogP contribution in [-0.2, 0) is 0 Å². The van der Waals surface area contributed by atoms with Crippen molar-refractivity contribution in [2.45, 2.75) is 32.2 Å². The van der Waals surface area contributed by atoms with Gasteiger partial charge in [0.15, 0.2) is 0 Å². The number of hydrogen-bond donors (Lipinski definition) is 1. The van der Waals surface area contributed by atoms with Crippen LogP contribution in [0.4, 0.5) is 5.69 Å². The summed E-state index contributed by atoms with van der Waals surface area (Å²) in [6, 6.07) is 2.44. The van der Waals surface area contributed by atoms with E-state index in [9.17, 15) is 4.79 Å². The second kappa shape index (κ2) is 6.43. The molecule has 0 saturated carbocycles. The molecule has 0 spiro atoms. The number of anilines is 1. The van der Waals surface area contributed by atoms with Gasteiger partial charge in [-0.15, -0.1) is 0 Å². The standard InChI is InChI=1S/C16H24N4O/c1-2-18-15-6-7-17-11-14(15)16(21)20-10-4-9-19-8-3-5-13(19)12-20/h6-7,11,13H,2-5,8-10,12H2,1H3,(H,17,18). The third-order valence-corrected chi connectivity index (χ3v) is 4.51. The highest BCUT2D eigenvalue weighted by Crippen LogP contribution is 2.23. The summed E-state index contributed by atoms with van der Waals surface area (Å²) in [7, 11) is 0. The van der Waals surface area contributed by atoms with E-state index in [1.54, 1.807) is 12.4 Å². The summed E-state index contributed by atoms with van der Waals surface area (Å²) in [5, 5.41) is 3.26. The molecule has 2 aliphatic heterocycles. The minimum absolute atomic E-state index is 0.118. The minimum atomic E-state index is 0.118. The monoisotopic (exact) mass is 288 g/mol. The van der Waals surface area contributed by atoms with Gasteiger partial charge < -0.3 is 10.2 Å². The van der Waals surface area contributed by atoms with Crippen molar-refractivity contribution in [2.75, 3.05) is 38.0 Å². The first kappa shape index (κ1) is 14.3. The number of pyridine rings is 1. The number of hydrogen-bond acceptors (Lipinski definition) is 4. The van der Waals surface area contributed by atoms with Crippen LogP contribution in [0, 0.1) is 0 Å². The lowest BCUT2D eigenvalue weighted by molar-refractivity contribution is 0.0744. The zero-order valence-corrected chi connectivity index (χ0v) is 12.7. The van der Waals surface area contributed by atoms with Crippen LogP contribution in [0.1, 0.15) is 36.5 Å². The van der Waals surface area contributed by atoms with Crippen LogP contribution in [0.15, 0.2) is 18.5 Å². The van der Waals surface area contributed by atoms with Crippen LogP contribution in [0.3, 0.4) is 0 Å². The lowest BCUT2D eigenvalue weighted by Gasteiger charge is -2.26. The van der Waals surface area contributed by atoms with E-state index in [1.807, 2.05) is 17.9 Å². The average Bonchev–Trinajstić information content (AvgIpc) is 2.84. The van der Waals surface area contributed by atoms with Crippen molar-refractivity contribution in [1.29, 1.82) is 0 Å². The van der Waals surface area contributed by atoms with Crippen LogP contribution in [-0.4, -0.2) is 59.5 Å². The Morgan fingerprint density at radius 3 is 3.10 bits per heavy atom. The van der Waals surface area contributed by atoms with Crippen molar-refractivity contribution in [3.8, 4) is 0 Å². The van der Waals surface area contributed by atoms with E-state index in [0.29, 0.717) is 11.6 Å². The molecule has 1 aromatic rings. The molecule has 2 fully saturated rings. The topological polar surface area (TPSA) is 48.5 Å². The summed E-state index contributed by atoms with van der Waals surface area (Å²) in [5.41, 5.74) is 1.59. The molecule has 5 nitrogen and oxygen atoms in total. The van der Waals surface area contributed by atoms with Crippen molar-refractivity contribution < 1.29 is 4.79 Å². The molecule has 0 aliphatic carbocycles. The number of nitrogens with one attached hydrogen (secondary N) is 1. The molecule has 1 N–H and O–H groups in total. The average molecular weight is 288 g/mol. The number of aromatic nitrogens is 1. The molecule has 0 bridgehead atoms. The zero-order valence-electron chi connectivity index (χ0n) is 12.7. The Morgan fingerprint density at radius 2 is 2.24 bits per heavy atom. The molecular weight excluding hydrogens is 264 g/mol. The molecule has 3 rings (SSSR count). The van der Waals surface area contributed by atoms with Gasteiger partial charge in [0.25, 0.3) is 5.91 Å². The molecule has 3 heterocycles. The highest BCUT2D eigenvalue weighted by Gasteiger charge is 2.31. The Hall–Kier alpha value is -1.62. The molecule has 2 aliphatic rings. The molecule has 0 radical (unpaired) electrons. The molecule has 1 aromatic heterocycles. The van der Waals surface area contributed by atoms with Crippen LogP contribution < -0.4 is 5.32 Å². The number of amides is 1. The van der Waals surface area contributed by atoms with Gasteiger partial charge >= 0.3 is 0 Å². The minimum Gasteiger partial charge on any atom is -0.385 e. The maximum absolute atomic E-state index is 12.9. The van der Waals surface area contributed by atoms with E-state index in [4.69, 9.17) is 0 Å². The summed E-state index contributed by atoms with van der Waals surface area (Å²) < 4.78 is 0. The zero-order chi connectivity index (χ0) is 14.7. The number of rotatable bonds is 3. The fourth-order valence-corrected chi connectivity index (χ4v) is 3.47. The lowest BCUT2D eigenvalue weighted by atomic mass is 10.1. The Kier molecular flexibility index (Phi) is 4.39. The first-order valence-corrected chi connectivity index (χ1v) is 8.01. The van der Waals surface area contributed by atoms with Gasteiger partial charge in [-0.1, -0.05) is 0 Å². The molecule has 2 saturated heterocycles. The first-order chi connectivity index (χ1) is 10.3. The molecule has 21 heavy (non-hydrogen) atoms. The number of carbonyl (C=O) groups excluding carboxylic acids is 1. The molecule has 114 valence electrons. The number of fused-ring (bicyclic) bond motifs is 1. The summed E-state index contributed by atoms with van der Waals surface area (Å²) in [6.45, 7) is 6.88. The normalized spacial score (nSPS) is 22.7. The van der Waals surface area contributed by atoms with Crippen LogP contribution in [0.2, 0.25) is 0 Å². The predicted molar refractivity (Wildman–Crippen MR) is 83.5 cm³/mol. The molecule has 1 unspecified atom stereocenters. The fraction of sp³-hybridized carbons (Fsp3) is 0.625. The van der Waals surface area contributed by atoms with Gasteiger partial charge in [-0.05, 0) is 38.8 Å². The Balaban J connectivity index is 1.78. The summed E-state index contributed by atoms with van der Waals surface area (Å²) in [4.78, 5) is 21.6. The maximum Gasteiger partial charge on any atom is 0.257 e. The van der Waals surface area contributed by atoms with Gasteiger partial charge in [0.1, 0.15) is 0 Å². The van der Waals surface area contributed by atoms with Crippen molar-refractivity contribution in [3.05, 3.63) is 24.0 Å². The number of nitrogens with zero attached hydrogens (tertiary/aromatic N) is 3. The molecule has 1 atom stereocenters. The Morgan fingerprint density at radius 1 is 1.38 bits per heavy atom. The van der Waals surface area contributed by atoms with E-state index in [2.05, 4.69) is 15.2 Å². The van der Waals surface area contributed by atoms with Crippen molar-refractivity contribution in [3.63, 3.8) is 0 Å². The largest absolute Gasteiger partial charge is 0.385 e. The predicted octanol–water partition coefficient (Wildman–Crippen LogP) is 1.82. The van der Waals surface area contributed by atoms with Gasteiger partial charge in [-0.2, -0.15) is 0 Å². The summed E-state index contributed by atoms with van der Waals surface area (Å²) >= 11 is 0. The molecular formula is C16H24N4O. The SMILES string of the molecule is CCNc1ccncc1C(=O)N1CCCN2CCCC2C1. The summed E-state index contributed by atoms with van der Waals surface area (Å²) in [6.07, 6.45) is 6.98. The number of carbonyl (C=O) groups is 1. The first-order valence-electron chi connectivity index (χ1n) is 8.01. The molecule has 5 heteroatoms. The van der Waals surface area contributed by atoms with E-state index >= 15 is 0 Å². The smallest absolute Gasteiger partial charge is 0.257 e. The van der Waals surface area contributed by atoms with Gasteiger partial charge in [-0.25, -0.2) is 0 Å². The summed E-state index contributed by atoms with van der Waals surface area (Å²) in [5.74, 6) is 0.118. The van der Waals surface area contributed by atoms with Gasteiger partial charge in [0, 0.05) is 44.6 Å². The van der Waals surface area contributed by atoms with Crippen molar-refractivity contribution >= 4 is 11.6 Å². The third kappa shape index (κ3) is 3.02. The van der Waals surface area contributed by atoms with Crippen LogP contribution in [0.25, 0.3) is 0 Å². The lowest BCUT2D eigenvalue weighted by Crippen LogP contribution is -2.39. The maximum atomic E-state index is 12.9. The van der Waals surface area contributed by atoms with E-state index < -0.39 is 0 Å². The fourth-order valence-electron chi connectivity index (χ4n) is 3.47. The highest BCUT2D eigenvalue weighted by atomic mass is 16.2. The highest BCUT2D eigenvalue weighted by molar-refractivity contribution is 5.99. The Labute approximate surface area is 126 Å². The van der Waals surface area contributed by atoms with E-state index in [0.717, 1.165) is 38.3 Å². The Bertz CT molecular complexity index is 505. The second-order valence-corrected chi connectivity index (χ2v) is 5.89. The quantitative estimate of drug-likeness (QED) is 0.922. The second-order valence-electron chi connectivity index (χ2n) is 5.89. The van der Waals surface area contributed by atoms with E-state index in [-0.39, 0.29) is 5.91 Å². The van der Waals surface area contributed by atoms with Crippen molar-refractivity contribution in [2.24, 2.45) is 0 Å². The third-order valence-electron chi connectivity index (χ3n) is 4.51. The molecule has 1 amide bonds. The van der Waals surface area contributed by atoms with Crippen LogP contribution >= 0.6 is 0 Å². The van der Waals surface area contributed by atoms with Crippen molar-refractivity contribution in [1.82, 2.24) is 14.8 Å². The van der Waals surface area contributed by atoms with E-state index in [1.165, 1.54) is 19.4 Å². The molecule has 0 aromatic carbocycles.